The molecule has 0 spiro atoms. The molecule has 3 aliphatic carbocycles. The third kappa shape index (κ3) is 4.64. The average molecular weight is 451 g/mol. The third-order valence-corrected chi connectivity index (χ3v) is 7.99. The molecule has 0 saturated heterocycles. The molecule has 3 nitrogen and oxygen atoms in total. The van der Waals surface area contributed by atoms with Crippen molar-refractivity contribution in [3.05, 3.63) is 35.5 Å². The van der Waals surface area contributed by atoms with Crippen molar-refractivity contribution in [2.45, 2.75) is 71.3 Å². The number of aliphatic hydroxyl groups excluding tert-OH is 1. The highest BCUT2D eigenvalue weighted by molar-refractivity contribution is 9.09. The van der Waals surface area contributed by atoms with Gasteiger partial charge >= 0.3 is 5.97 Å². The van der Waals surface area contributed by atoms with E-state index >= 15 is 0 Å². The van der Waals surface area contributed by atoms with Gasteiger partial charge in [0.2, 0.25) is 0 Å². The summed E-state index contributed by atoms with van der Waals surface area (Å²) in [5.74, 6) is 1.45. The molecule has 28 heavy (non-hydrogen) atoms. The second-order valence-corrected chi connectivity index (χ2v) is 9.88. The Morgan fingerprint density at radius 2 is 2.14 bits per heavy atom. The van der Waals surface area contributed by atoms with Gasteiger partial charge in [-0.3, -0.25) is 4.79 Å². The second kappa shape index (κ2) is 9.30. The van der Waals surface area contributed by atoms with E-state index in [9.17, 15) is 9.90 Å². The first kappa shape index (κ1) is 21.8. The van der Waals surface area contributed by atoms with E-state index in [1.54, 1.807) is 5.57 Å². The number of esters is 1. The van der Waals surface area contributed by atoms with Gasteiger partial charge in [0, 0.05) is 0 Å². The van der Waals surface area contributed by atoms with Crippen LogP contribution in [0.5, 0.6) is 0 Å². The van der Waals surface area contributed by atoms with Crippen molar-refractivity contribution in [1.29, 1.82) is 0 Å². The van der Waals surface area contributed by atoms with Crippen LogP contribution in [0.4, 0.5) is 0 Å². The van der Waals surface area contributed by atoms with Gasteiger partial charge in [-0.05, 0) is 80.1 Å². The first-order chi connectivity index (χ1) is 13.3. The molecule has 0 heterocycles. The number of ether oxygens (including phenoxy) is 1. The summed E-state index contributed by atoms with van der Waals surface area (Å²) in [6.07, 6.45) is 13.0. The summed E-state index contributed by atoms with van der Waals surface area (Å²) in [5, 5.41) is 10.3. The van der Waals surface area contributed by atoms with Crippen LogP contribution in [0.1, 0.15) is 65.2 Å². The normalized spacial score (nSPS) is 37.1. The summed E-state index contributed by atoms with van der Waals surface area (Å²) < 4.78 is 5.42. The molecule has 3 fully saturated rings. The number of hydrogen-bond acceptors (Lipinski definition) is 3. The highest BCUT2D eigenvalue weighted by Crippen LogP contribution is 2.59. The van der Waals surface area contributed by atoms with Gasteiger partial charge in [-0.2, -0.15) is 0 Å². The predicted octanol–water partition coefficient (Wildman–Crippen LogP) is 5.73. The van der Waals surface area contributed by atoms with Crippen molar-refractivity contribution in [2.24, 2.45) is 23.2 Å². The van der Waals surface area contributed by atoms with E-state index in [-0.39, 0.29) is 17.4 Å². The quantitative estimate of drug-likeness (QED) is 0.429. The molecule has 0 aromatic heterocycles. The highest BCUT2D eigenvalue weighted by atomic mass is 79.9. The smallest absolute Gasteiger partial charge is 0.316 e. The van der Waals surface area contributed by atoms with E-state index in [0.717, 1.165) is 19.3 Å². The Labute approximate surface area is 178 Å². The number of alkyl halides is 1. The van der Waals surface area contributed by atoms with E-state index in [4.69, 9.17) is 4.74 Å². The summed E-state index contributed by atoms with van der Waals surface area (Å²) in [5.41, 5.74) is 4.28. The standard InChI is InChI=1S/C24H35BrO3/c1-16-6-9-20(26)13-19(16)8-7-18-5-4-12-24(3)21(10-11-22(18)24)17(2)15-28-23(27)14-25/h7-8,17,20-22,26H,1,4-6,9-15H2,2-3H3/t17-,20+,21-,22+,24-/m1/s1. The fourth-order valence-corrected chi connectivity index (χ4v) is 6.15. The van der Waals surface area contributed by atoms with Gasteiger partial charge in [-0.1, -0.05) is 59.7 Å². The van der Waals surface area contributed by atoms with Crippen molar-refractivity contribution < 1.29 is 14.6 Å². The number of carbonyl (C=O) groups is 1. The number of halogens is 1. The van der Waals surface area contributed by atoms with Gasteiger partial charge in [0.15, 0.2) is 0 Å². The van der Waals surface area contributed by atoms with Crippen molar-refractivity contribution in [2.75, 3.05) is 11.9 Å². The summed E-state index contributed by atoms with van der Waals surface area (Å²) >= 11 is 3.17. The Hall–Kier alpha value is -0.870. The largest absolute Gasteiger partial charge is 0.465 e. The molecule has 156 valence electrons. The molecule has 0 aliphatic heterocycles. The predicted molar refractivity (Wildman–Crippen MR) is 117 cm³/mol. The van der Waals surface area contributed by atoms with Crippen molar-refractivity contribution in [3.8, 4) is 0 Å². The van der Waals surface area contributed by atoms with Gasteiger partial charge in [-0.25, -0.2) is 0 Å². The maximum Gasteiger partial charge on any atom is 0.316 e. The minimum Gasteiger partial charge on any atom is -0.465 e. The molecule has 3 saturated carbocycles. The number of aliphatic hydroxyl groups is 1. The maximum atomic E-state index is 11.5. The van der Waals surface area contributed by atoms with Crippen LogP contribution < -0.4 is 0 Å². The van der Waals surface area contributed by atoms with Crippen LogP contribution in [0.2, 0.25) is 0 Å². The second-order valence-electron chi connectivity index (χ2n) is 9.32. The Morgan fingerprint density at radius 1 is 1.36 bits per heavy atom. The third-order valence-electron chi connectivity index (χ3n) is 7.53. The number of carbonyl (C=O) groups excluding carboxylic acids is 1. The number of allylic oxidation sites excluding steroid dienone is 4. The molecule has 0 unspecified atom stereocenters. The molecular formula is C24H35BrO3. The van der Waals surface area contributed by atoms with Crippen LogP contribution in [0.3, 0.4) is 0 Å². The number of hydrogen-bond donors (Lipinski definition) is 1. The first-order valence-electron chi connectivity index (χ1n) is 10.8. The van der Waals surface area contributed by atoms with Crippen molar-refractivity contribution >= 4 is 21.9 Å². The van der Waals surface area contributed by atoms with E-state index in [1.807, 2.05) is 0 Å². The zero-order valence-corrected chi connectivity index (χ0v) is 19.0. The van der Waals surface area contributed by atoms with Crippen LogP contribution in [0.15, 0.2) is 35.5 Å². The van der Waals surface area contributed by atoms with Crippen LogP contribution in [0.25, 0.3) is 0 Å². The highest BCUT2D eigenvalue weighted by Gasteiger charge is 2.50. The number of fused-ring (bicyclic) bond motifs is 1. The van der Waals surface area contributed by atoms with Gasteiger partial charge < -0.3 is 9.84 Å². The fraction of sp³-hybridized carbons (Fsp3) is 0.708. The number of rotatable bonds is 5. The molecule has 1 N–H and O–H groups in total. The molecule has 3 rings (SSSR count). The maximum absolute atomic E-state index is 11.5. The Balaban J connectivity index is 1.72. The molecule has 3 aliphatic rings. The van der Waals surface area contributed by atoms with Crippen LogP contribution in [-0.2, 0) is 9.53 Å². The van der Waals surface area contributed by atoms with E-state index < -0.39 is 0 Å². The SMILES string of the molecule is C=C1CC[C@H](O)CC1=CC=C1CCC[C@]2(C)[C@@H]([C@H](C)COC(=O)CBr)CC[C@@H]12. The molecule has 0 aromatic rings. The van der Waals surface area contributed by atoms with Gasteiger partial charge in [-0.15, -0.1) is 0 Å². The molecule has 4 heteroatoms. The lowest BCUT2D eigenvalue weighted by Crippen LogP contribution is -2.37. The summed E-state index contributed by atoms with van der Waals surface area (Å²) in [6.45, 7) is 9.43. The monoisotopic (exact) mass is 450 g/mol. The van der Waals surface area contributed by atoms with E-state index in [0.29, 0.717) is 29.8 Å². The van der Waals surface area contributed by atoms with Crippen LogP contribution in [-0.4, -0.2) is 29.1 Å². The molecule has 5 atom stereocenters. The zero-order chi connectivity index (χ0) is 20.3. The molecular weight excluding hydrogens is 416 g/mol. The molecule has 0 amide bonds. The average Bonchev–Trinajstić information content (AvgIpc) is 3.04. The van der Waals surface area contributed by atoms with E-state index in [2.05, 4.69) is 48.5 Å². The zero-order valence-electron chi connectivity index (χ0n) is 17.4. The van der Waals surface area contributed by atoms with Gasteiger partial charge in [0.1, 0.15) is 5.33 Å². The van der Waals surface area contributed by atoms with Gasteiger partial charge in [0.25, 0.3) is 0 Å². The summed E-state index contributed by atoms with van der Waals surface area (Å²) in [4.78, 5) is 11.5. The summed E-state index contributed by atoms with van der Waals surface area (Å²) in [7, 11) is 0. The summed E-state index contributed by atoms with van der Waals surface area (Å²) in [6, 6.07) is 0. The van der Waals surface area contributed by atoms with Gasteiger partial charge in [0.05, 0.1) is 12.7 Å². The Bertz CT molecular complexity index is 665. The molecule has 0 bridgehead atoms. The minimum atomic E-state index is -0.217. The van der Waals surface area contributed by atoms with E-state index in [1.165, 1.54) is 43.3 Å². The Morgan fingerprint density at radius 3 is 2.89 bits per heavy atom. The minimum absolute atomic E-state index is 0.169. The van der Waals surface area contributed by atoms with Crippen LogP contribution in [0, 0.1) is 23.2 Å². The molecule has 0 aromatic carbocycles. The molecule has 0 radical (unpaired) electrons. The van der Waals surface area contributed by atoms with Crippen molar-refractivity contribution in [1.82, 2.24) is 0 Å². The Kier molecular flexibility index (Phi) is 7.25. The van der Waals surface area contributed by atoms with Crippen LogP contribution >= 0.6 is 15.9 Å². The lowest BCUT2D eigenvalue weighted by atomic mass is 9.61. The lowest BCUT2D eigenvalue weighted by Gasteiger charge is -2.44. The van der Waals surface area contributed by atoms with Crippen molar-refractivity contribution in [3.63, 3.8) is 0 Å². The fourth-order valence-electron chi connectivity index (χ4n) is 5.99. The topological polar surface area (TPSA) is 46.5 Å². The first-order valence-corrected chi connectivity index (χ1v) is 11.9. The lowest BCUT2D eigenvalue weighted by molar-refractivity contribution is -0.142.